The van der Waals surface area contributed by atoms with Gasteiger partial charge in [-0.3, -0.25) is 9.69 Å². The maximum absolute atomic E-state index is 11.9. The molecule has 0 unspecified atom stereocenters. The lowest BCUT2D eigenvalue weighted by Gasteiger charge is -2.43. The van der Waals surface area contributed by atoms with Crippen molar-refractivity contribution in [3.05, 3.63) is 34.2 Å². The number of nitrogens with two attached hydrogens (primary N) is 1. The van der Waals surface area contributed by atoms with E-state index in [1.807, 2.05) is 10.6 Å². The molecule has 2 bridgehead atoms. The van der Waals surface area contributed by atoms with Crippen LogP contribution in [-0.4, -0.2) is 46.9 Å². The SMILES string of the molecule is NC[C@H](O)CN1C[C@H]2C[C@H](C1)c1cccc(=O)n1C2. The quantitative estimate of drug-likeness (QED) is 0.777. The molecule has 1 saturated heterocycles. The molecule has 1 aromatic heterocycles. The van der Waals surface area contributed by atoms with Crippen LogP contribution in [0.15, 0.2) is 23.0 Å². The molecular formula is C14H21N3O2. The summed E-state index contributed by atoms with van der Waals surface area (Å²) in [7, 11) is 0. The zero-order valence-electron chi connectivity index (χ0n) is 11.0. The minimum atomic E-state index is -0.447. The molecule has 1 fully saturated rings. The Labute approximate surface area is 112 Å². The van der Waals surface area contributed by atoms with Crippen molar-refractivity contribution < 1.29 is 5.11 Å². The number of likely N-dealkylation sites (tertiary alicyclic amines) is 1. The van der Waals surface area contributed by atoms with Gasteiger partial charge in [0.2, 0.25) is 0 Å². The molecule has 2 aliphatic rings. The van der Waals surface area contributed by atoms with Crippen LogP contribution in [0.5, 0.6) is 0 Å². The van der Waals surface area contributed by atoms with Crippen LogP contribution >= 0.6 is 0 Å². The second-order valence-electron chi connectivity index (χ2n) is 5.81. The van der Waals surface area contributed by atoms with Crippen molar-refractivity contribution in [1.82, 2.24) is 9.47 Å². The number of pyridine rings is 1. The van der Waals surface area contributed by atoms with Gasteiger partial charge in [0.15, 0.2) is 0 Å². The standard InChI is InChI=1S/C14H21N3O2/c15-5-12(18)9-16-6-10-4-11(8-16)13-2-1-3-14(19)17(13)7-10/h1-3,10-12,18H,4-9,15H2/t10-,11-,12+/m1/s1. The Hall–Kier alpha value is -1.17. The van der Waals surface area contributed by atoms with E-state index in [0.717, 1.165) is 31.7 Å². The normalized spacial score (nSPS) is 27.9. The highest BCUT2D eigenvalue weighted by molar-refractivity contribution is 5.16. The van der Waals surface area contributed by atoms with E-state index in [-0.39, 0.29) is 5.56 Å². The lowest BCUT2D eigenvalue weighted by molar-refractivity contribution is 0.0659. The zero-order chi connectivity index (χ0) is 13.4. The van der Waals surface area contributed by atoms with Gasteiger partial charge < -0.3 is 15.4 Å². The smallest absolute Gasteiger partial charge is 0.250 e. The Balaban J connectivity index is 1.82. The fraction of sp³-hybridized carbons (Fsp3) is 0.643. The zero-order valence-corrected chi connectivity index (χ0v) is 11.0. The number of hydrogen-bond donors (Lipinski definition) is 2. The second-order valence-corrected chi connectivity index (χ2v) is 5.81. The van der Waals surface area contributed by atoms with Crippen LogP contribution in [0.3, 0.4) is 0 Å². The summed E-state index contributed by atoms with van der Waals surface area (Å²) in [5, 5.41) is 9.69. The average Bonchev–Trinajstić information content (AvgIpc) is 2.40. The molecule has 19 heavy (non-hydrogen) atoms. The summed E-state index contributed by atoms with van der Waals surface area (Å²) in [4.78, 5) is 14.2. The molecule has 5 nitrogen and oxygen atoms in total. The Bertz CT molecular complexity index is 514. The first kappa shape index (κ1) is 12.8. The summed E-state index contributed by atoms with van der Waals surface area (Å²) in [6, 6.07) is 5.55. The highest BCUT2D eigenvalue weighted by Gasteiger charge is 2.34. The van der Waals surface area contributed by atoms with Gasteiger partial charge in [-0.05, 0) is 18.4 Å². The van der Waals surface area contributed by atoms with E-state index in [0.29, 0.717) is 24.9 Å². The van der Waals surface area contributed by atoms with E-state index in [4.69, 9.17) is 5.73 Å². The van der Waals surface area contributed by atoms with E-state index in [1.54, 1.807) is 6.07 Å². The van der Waals surface area contributed by atoms with Crippen molar-refractivity contribution in [3.8, 4) is 0 Å². The Kier molecular flexibility index (Phi) is 3.43. The molecule has 2 aliphatic heterocycles. The van der Waals surface area contributed by atoms with Crippen LogP contribution < -0.4 is 11.3 Å². The maximum atomic E-state index is 11.9. The molecule has 5 heteroatoms. The van der Waals surface area contributed by atoms with Crippen LogP contribution in [0.25, 0.3) is 0 Å². The number of aliphatic hydroxyl groups excluding tert-OH is 1. The first-order valence-corrected chi connectivity index (χ1v) is 6.97. The summed E-state index contributed by atoms with van der Waals surface area (Å²) >= 11 is 0. The van der Waals surface area contributed by atoms with Gasteiger partial charge in [0.25, 0.3) is 5.56 Å². The third-order valence-electron chi connectivity index (χ3n) is 4.30. The number of hydrogen-bond acceptors (Lipinski definition) is 4. The maximum Gasteiger partial charge on any atom is 0.250 e. The van der Waals surface area contributed by atoms with E-state index in [9.17, 15) is 9.90 Å². The molecular weight excluding hydrogens is 242 g/mol. The largest absolute Gasteiger partial charge is 0.390 e. The summed E-state index contributed by atoms with van der Waals surface area (Å²) in [5.41, 5.74) is 6.74. The molecule has 0 saturated carbocycles. The van der Waals surface area contributed by atoms with E-state index in [1.165, 1.54) is 0 Å². The second kappa shape index (κ2) is 5.07. The molecule has 104 valence electrons. The van der Waals surface area contributed by atoms with E-state index < -0.39 is 6.10 Å². The lowest BCUT2D eigenvalue weighted by atomic mass is 9.83. The molecule has 1 aromatic rings. The van der Waals surface area contributed by atoms with Crippen LogP contribution in [-0.2, 0) is 6.54 Å². The van der Waals surface area contributed by atoms with Crippen molar-refractivity contribution in [1.29, 1.82) is 0 Å². The number of β-amino-alcohol motifs (C(OH)–C–C–N with tert-alkyl or cyclic N) is 1. The van der Waals surface area contributed by atoms with Crippen LogP contribution in [0.4, 0.5) is 0 Å². The lowest BCUT2D eigenvalue weighted by Crippen LogP contribution is -2.49. The predicted octanol–water partition coefficient (Wildman–Crippen LogP) is -0.413. The van der Waals surface area contributed by atoms with Crippen LogP contribution in [0.1, 0.15) is 18.0 Å². The van der Waals surface area contributed by atoms with Crippen molar-refractivity contribution >= 4 is 0 Å². The Morgan fingerprint density at radius 2 is 2.21 bits per heavy atom. The number of piperidine rings is 1. The monoisotopic (exact) mass is 263 g/mol. The fourth-order valence-corrected chi connectivity index (χ4v) is 3.52. The first-order chi connectivity index (χ1) is 9.17. The summed E-state index contributed by atoms with van der Waals surface area (Å²) in [6.07, 6.45) is 0.704. The predicted molar refractivity (Wildman–Crippen MR) is 73.1 cm³/mol. The topological polar surface area (TPSA) is 71.5 Å². The molecule has 3 atom stereocenters. The van der Waals surface area contributed by atoms with Gasteiger partial charge in [0.1, 0.15) is 0 Å². The number of aliphatic hydroxyl groups is 1. The van der Waals surface area contributed by atoms with E-state index in [2.05, 4.69) is 11.0 Å². The van der Waals surface area contributed by atoms with Gasteiger partial charge in [-0.1, -0.05) is 6.07 Å². The molecule has 0 aromatic carbocycles. The van der Waals surface area contributed by atoms with Crippen molar-refractivity contribution in [2.24, 2.45) is 11.7 Å². The van der Waals surface area contributed by atoms with Gasteiger partial charge in [-0.2, -0.15) is 0 Å². The van der Waals surface area contributed by atoms with Gasteiger partial charge in [0, 0.05) is 50.4 Å². The molecule has 3 rings (SSSR count). The van der Waals surface area contributed by atoms with Crippen molar-refractivity contribution in [2.75, 3.05) is 26.2 Å². The molecule has 0 radical (unpaired) electrons. The van der Waals surface area contributed by atoms with Gasteiger partial charge >= 0.3 is 0 Å². The molecule has 0 aliphatic carbocycles. The van der Waals surface area contributed by atoms with Gasteiger partial charge in [-0.15, -0.1) is 0 Å². The molecule has 3 N–H and O–H groups in total. The number of fused-ring (bicyclic) bond motifs is 4. The van der Waals surface area contributed by atoms with Gasteiger partial charge in [-0.25, -0.2) is 0 Å². The van der Waals surface area contributed by atoms with Crippen molar-refractivity contribution in [3.63, 3.8) is 0 Å². The molecule has 0 amide bonds. The van der Waals surface area contributed by atoms with Crippen molar-refractivity contribution in [2.45, 2.75) is 25.0 Å². The first-order valence-electron chi connectivity index (χ1n) is 6.97. The molecule has 0 spiro atoms. The minimum absolute atomic E-state index is 0.114. The van der Waals surface area contributed by atoms with E-state index >= 15 is 0 Å². The summed E-state index contributed by atoms with van der Waals surface area (Å²) in [6.45, 7) is 3.62. The summed E-state index contributed by atoms with van der Waals surface area (Å²) in [5.74, 6) is 0.919. The number of aromatic nitrogens is 1. The Morgan fingerprint density at radius 3 is 3.00 bits per heavy atom. The third kappa shape index (κ3) is 2.45. The third-order valence-corrected chi connectivity index (χ3v) is 4.30. The highest BCUT2D eigenvalue weighted by atomic mass is 16.3. The fourth-order valence-electron chi connectivity index (χ4n) is 3.52. The van der Waals surface area contributed by atoms with Crippen LogP contribution in [0, 0.1) is 5.92 Å². The minimum Gasteiger partial charge on any atom is -0.390 e. The number of rotatable bonds is 3. The summed E-state index contributed by atoms with van der Waals surface area (Å²) < 4.78 is 1.93. The molecule has 3 heterocycles. The average molecular weight is 263 g/mol. The van der Waals surface area contributed by atoms with Gasteiger partial charge in [0.05, 0.1) is 6.10 Å². The highest BCUT2D eigenvalue weighted by Crippen LogP contribution is 2.34. The number of nitrogens with zero attached hydrogens (tertiary/aromatic N) is 2. The van der Waals surface area contributed by atoms with Crippen LogP contribution in [0.2, 0.25) is 0 Å². The Morgan fingerprint density at radius 1 is 1.37 bits per heavy atom.